The number of carbonyl (C=O) groups is 3. The third kappa shape index (κ3) is 3.55. The summed E-state index contributed by atoms with van der Waals surface area (Å²) in [6.07, 6.45) is 2.76. The Morgan fingerprint density at radius 3 is 2.59 bits per heavy atom. The summed E-state index contributed by atoms with van der Waals surface area (Å²) in [6.45, 7) is 6.52. The van der Waals surface area contributed by atoms with Crippen molar-refractivity contribution in [2.75, 3.05) is 0 Å². The second kappa shape index (κ2) is 7.02. The van der Waals surface area contributed by atoms with E-state index in [1.165, 1.54) is 11.3 Å². The smallest absolute Gasteiger partial charge is 0.279 e. The van der Waals surface area contributed by atoms with Crippen molar-refractivity contribution >= 4 is 29.0 Å². The second-order valence-corrected chi connectivity index (χ2v) is 9.80. The third-order valence-electron chi connectivity index (χ3n) is 6.79. The van der Waals surface area contributed by atoms with Crippen LogP contribution in [0.3, 0.4) is 0 Å². The number of quaternary nitrogens is 1. The number of thiophene rings is 1. The van der Waals surface area contributed by atoms with Gasteiger partial charge in [-0.3, -0.25) is 9.59 Å². The van der Waals surface area contributed by atoms with E-state index < -0.39 is 30.4 Å². The van der Waals surface area contributed by atoms with Gasteiger partial charge in [0.25, 0.3) is 5.91 Å². The highest BCUT2D eigenvalue weighted by Crippen LogP contribution is 2.66. The molecule has 1 aromatic rings. The summed E-state index contributed by atoms with van der Waals surface area (Å²) in [5.41, 5.74) is 4.20. The van der Waals surface area contributed by atoms with Gasteiger partial charge in [-0.05, 0) is 58.4 Å². The van der Waals surface area contributed by atoms with Crippen molar-refractivity contribution in [2.45, 2.75) is 58.5 Å². The van der Waals surface area contributed by atoms with Crippen LogP contribution in [0.2, 0.25) is 0 Å². The first-order valence-electron chi connectivity index (χ1n) is 9.45. The first kappa shape index (κ1) is 20.0. The van der Waals surface area contributed by atoms with Crippen LogP contribution in [0.1, 0.15) is 58.1 Å². The van der Waals surface area contributed by atoms with E-state index in [1.54, 1.807) is 0 Å². The Morgan fingerprint density at radius 2 is 2.07 bits per heavy atom. The Hall–Kier alpha value is -1.73. The van der Waals surface area contributed by atoms with Crippen LogP contribution in [0.15, 0.2) is 16.8 Å². The van der Waals surface area contributed by atoms with Gasteiger partial charge in [-0.15, -0.1) is 0 Å². The Morgan fingerprint density at radius 1 is 1.37 bits per heavy atom. The van der Waals surface area contributed by atoms with Crippen LogP contribution in [-0.2, 0) is 14.4 Å². The van der Waals surface area contributed by atoms with Gasteiger partial charge in [0.15, 0.2) is 11.8 Å². The number of hydrogen-bond donors (Lipinski definition) is 2. The van der Waals surface area contributed by atoms with Gasteiger partial charge in [-0.25, -0.2) is 0 Å². The molecule has 1 amide bonds. The van der Waals surface area contributed by atoms with Gasteiger partial charge in [0.1, 0.15) is 6.04 Å². The molecule has 0 spiro atoms. The number of Topliss-reactive ketones (excluding diaryl/α,β-unsaturated/α-hetero) is 1. The largest absolute Gasteiger partial charge is 0.550 e. The molecule has 2 aliphatic rings. The molecule has 4 N–H and O–H groups in total. The average molecular weight is 393 g/mol. The van der Waals surface area contributed by atoms with Gasteiger partial charge in [-0.1, -0.05) is 20.8 Å². The first-order valence-corrected chi connectivity index (χ1v) is 10.4. The van der Waals surface area contributed by atoms with Gasteiger partial charge in [-0.2, -0.15) is 11.3 Å². The number of carboxylic acids is 1. The van der Waals surface area contributed by atoms with Crippen molar-refractivity contribution in [2.24, 2.45) is 22.7 Å². The zero-order valence-electron chi connectivity index (χ0n) is 16.1. The normalized spacial score (nSPS) is 30.7. The van der Waals surface area contributed by atoms with E-state index in [2.05, 4.69) is 31.8 Å². The van der Waals surface area contributed by atoms with Gasteiger partial charge in [0.2, 0.25) is 0 Å². The zero-order valence-corrected chi connectivity index (χ0v) is 16.9. The molecular formula is C20H28N2O4S. The number of carboxylic acid groups (broad SMARTS) is 1. The van der Waals surface area contributed by atoms with Gasteiger partial charge >= 0.3 is 0 Å². The molecule has 7 heteroatoms. The summed E-state index contributed by atoms with van der Waals surface area (Å²) in [4.78, 5) is 37.0. The van der Waals surface area contributed by atoms with Crippen LogP contribution in [-0.4, -0.2) is 23.7 Å². The molecule has 0 aromatic carbocycles. The molecule has 5 atom stereocenters. The zero-order chi connectivity index (χ0) is 20.0. The average Bonchev–Trinajstić information content (AvgIpc) is 3.24. The van der Waals surface area contributed by atoms with Crippen LogP contribution < -0.4 is 16.2 Å². The lowest BCUT2D eigenvalue weighted by molar-refractivity contribution is -0.408. The maximum Gasteiger partial charge on any atom is 0.279 e. The SMILES string of the molecule is CC1(C)[C@@H]2CC[C@@](C)(C2)[C@H]1C(=O)C(NC(=O)[C@@H]([NH3+])CC(=O)[O-])c1ccsc1. The number of hydrogen-bond acceptors (Lipinski definition) is 5. The maximum absolute atomic E-state index is 13.7. The topological polar surface area (TPSA) is 114 Å². The molecule has 1 aromatic heterocycles. The molecule has 0 aliphatic heterocycles. The van der Waals surface area contributed by atoms with E-state index in [9.17, 15) is 19.5 Å². The van der Waals surface area contributed by atoms with Crippen LogP contribution in [0.4, 0.5) is 0 Å². The number of carbonyl (C=O) groups excluding carboxylic acids is 3. The lowest BCUT2D eigenvalue weighted by Crippen LogP contribution is -2.69. The van der Waals surface area contributed by atoms with Gasteiger partial charge in [0, 0.05) is 18.3 Å². The van der Waals surface area contributed by atoms with E-state index in [0.29, 0.717) is 5.92 Å². The number of rotatable bonds is 7. The van der Waals surface area contributed by atoms with Crippen molar-refractivity contribution in [3.8, 4) is 0 Å². The molecule has 27 heavy (non-hydrogen) atoms. The molecule has 0 radical (unpaired) electrons. The minimum Gasteiger partial charge on any atom is -0.550 e. The molecule has 0 saturated heterocycles. The maximum atomic E-state index is 13.7. The Kier molecular flexibility index (Phi) is 5.20. The van der Waals surface area contributed by atoms with Gasteiger partial charge in [0.05, 0.1) is 0 Å². The van der Waals surface area contributed by atoms with E-state index in [0.717, 1.165) is 24.8 Å². The van der Waals surface area contributed by atoms with E-state index in [4.69, 9.17) is 0 Å². The predicted molar refractivity (Wildman–Crippen MR) is 99.2 cm³/mol. The summed E-state index contributed by atoms with van der Waals surface area (Å²) in [5.74, 6) is -1.45. The number of aliphatic carboxylic acids is 1. The van der Waals surface area contributed by atoms with E-state index in [-0.39, 0.29) is 22.5 Å². The van der Waals surface area contributed by atoms with Crippen LogP contribution in [0, 0.1) is 22.7 Å². The summed E-state index contributed by atoms with van der Waals surface area (Å²) in [7, 11) is 0. The highest BCUT2D eigenvalue weighted by molar-refractivity contribution is 7.08. The number of nitrogens with one attached hydrogen (secondary N) is 1. The molecule has 2 saturated carbocycles. The summed E-state index contributed by atoms with van der Waals surface area (Å²) in [5, 5.41) is 17.3. The van der Waals surface area contributed by atoms with E-state index in [1.807, 2.05) is 16.8 Å². The molecular weight excluding hydrogens is 364 g/mol. The molecule has 2 fully saturated rings. The van der Waals surface area contributed by atoms with Gasteiger partial charge < -0.3 is 21.0 Å². The number of fused-ring (bicyclic) bond motifs is 2. The summed E-state index contributed by atoms with van der Waals surface area (Å²) < 4.78 is 0. The Bertz CT molecular complexity index is 740. The van der Waals surface area contributed by atoms with Crippen molar-refractivity contribution < 1.29 is 25.2 Å². The Balaban J connectivity index is 1.87. The van der Waals surface area contributed by atoms with Crippen LogP contribution in [0.25, 0.3) is 0 Å². The lowest BCUT2D eigenvalue weighted by Gasteiger charge is -2.43. The van der Waals surface area contributed by atoms with Crippen LogP contribution >= 0.6 is 11.3 Å². The molecule has 6 nitrogen and oxygen atoms in total. The van der Waals surface area contributed by atoms with Crippen molar-refractivity contribution in [3.63, 3.8) is 0 Å². The van der Waals surface area contributed by atoms with Crippen LogP contribution in [0.5, 0.6) is 0 Å². The minimum atomic E-state index is -1.33. The molecule has 3 rings (SSSR count). The summed E-state index contributed by atoms with van der Waals surface area (Å²) >= 11 is 1.47. The third-order valence-corrected chi connectivity index (χ3v) is 7.49. The highest BCUT2D eigenvalue weighted by atomic mass is 32.1. The quantitative estimate of drug-likeness (QED) is 0.710. The minimum absolute atomic E-state index is 0.0251. The molecule has 2 aliphatic carbocycles. The molecule has 1 heterocycles. The summed E-state index contributed by atoms with van der Waals surface area (Å²) in [6, 6.07) is 0.0789. The highest BCUT2D eigenvalue weighted by Gasteiger charge is 2.62. The first-order chi connectivity index (χ1) is 12.6. The lowest BCUT2D eigenvalue weighted by atomic mass is 9.61. The van der Waals surface area contributed by atoms with Crippen molar-refractivity contribution in [3.05, 3.63) is 22.4 Å². The fraction of sp³-hybridized carbons (Fsp3) is 0.650. The fourth-order valence-electron chi connectivity index (χ4n) is 5.49. The molecule has 1 unspecified atom stereocenters. The second-order valence-electron chi connectivity index (χ2n) is 9.02. The standard InChI is InChI=1S/C20H28N2O4S/c1-19(2)12-4-6-20(3,9-12)17(19)16(25)15(11-5-7-27-10-11)22-18(26)13(21)8-14(23)24/h5,7,10,12-13,15,17H,4,6,8-9,21H2,1-3H3,(H,22,26)(H,23,24)/t12-,13+,15?,17+,20+/m1/s1. The molecule has 148 valence electrons. The van der Waals surface area contributed by atoms with E-state index >= 15 is 0 Å². The number of ketones is 1. The fourth-order valence-corrected chi connectivity index (χ4v) is 6.18. The monoisotopic (exact) mass is 392 g/mol. The van der Waals surface area contributed by atoms with Crippen molar-refractivity contribution in [1.82, 2.24) is 5.32 Å². The predicted octanol–water partition coefficient (Wildman–Crippen LogP) is 0.687. The Labute approximate surface area is 163 Å². The van der Waals surface area contributed by atoms with Crippen molar-refractivity contribution in [1.29, 1.82) is 0 Å². The molecule has 2 bridgehead atoms. The number of amides is 1.